The van der Waals surface area contributed by atoms with E-state index in [0.29, 0.717) is 17.5 Å². The molecule has 0 N–H and O–H groups in total. The Morgan fingerprint density at radius 3 is 1.48 bits per heavy atom. The van der Waals surface area contributed by atoms with Crippen LogP contribution in [0.1, 0.15) is 0 Å². The molecule has 7 heteroatoms. The van der Waals surface area contributed by atoms with Gasteiger partial charge in [-0.2, -0.15) is 0 Å². The normalized spacial score (nSPS) is 11.6. The zero-order valence-corrected chi connectivity index (χ0v) is 30.0. The van der Waals surface area contributed by atoms with Gasteiger partial charge in [-0.25, -0.2) is 15.0 Å². The fourth-order valence-corrected chi connectivity index (χ4v) is 7.99. The van der Waals surface area contributed by atoms with Crippen LogP contribution in [0.25, 0.3) is 100 Å². The van der Waals surface area contributed by atoms with Crippen LogP contribution in [0.2, 0.25) is 0 Å². The molecule has 0 spiro atoms. The smallest absolute Gasteiger partial charge is 0.165 e. The van der Waals surface area contributed by atoms with Crippen molar-refractivity contribution in [2.24, 2.45) is 0 Å². The van der Waals surface area contributed by atoms with Crippen molar-refractivity contribution >= 4 is 43.6 Å². The van der Waals surface area contributed by atoms with Crippen LogP contribution >= 0.6 is 0 Å². The van der Waals surface area contributed by atoms with E-state index in [1.165, 1.54) is 32.6 Å². The number of benzene rings is 6. The van der Waals surface area contributed by atoms with Gasteiger partial charge in [0.05, 0.1) is 22.1 Å². The van der Waals surface area contributed by atoms with Gasteiger partial charge < -0.3 is 9.13 Å². The summed E-state index contributed by atoms with van der Waals surface area (Å²) in [5.74, 6) is 1.69. The molecule has 0 fully saturated rings. The van der Waals surface area contributed by atoms with Gasteiger partial charge in [-0.15, -0.1) is 0 Å². The fraction of sp³-hybridized carbons (Fsp3) is 0. The van der Waals surface area contributed by atoms with E-state index in [9.17, 15) is 0 Å². The highest BCUT2D eigenvalue weighted by Crippen LogP contribution is 2.41. The number of aromatic nitrogens is 7. The minimum atomic E-state index is 0.552. The summed E-state index contributed by atoms with van der Waals surface area (Å²) in [5.41, 5.74) is 11.4. The predicted molar refractivity (Wildman–Crippen MR) is 226 cm³/mol. The molecule has 0 amide bonds. The van der Waals surface area contributed by atoms with Crippen molar-refractivity contribution < 1.29 is 0 Å². The van der Waals surface area contributed by atoms with Crippen molar-refractivity contribution in [1.82, 2.24) is 34.1 Å². The Bertz CT molecular complexity index is 3170. The minimum absolute atomic E-state index is 0.552. The molecule has 262 valence electrons. The van der Waals surface area contributed by atoms with Crippen LogP contribution in [0.15, 0.2) is 189 Å². The lowest BCUT2D eigenvalue weighted by molar-refractivity contribution is 1.07. The summed E-state index contributed by atoms with van der Waals surface area (Å²) in [6, 6.07) is 57.6. The first-order valence-electron chi connectivity index (χ1n) is 18.6. The van der Waals surface area contributed by atoms with Crippen LogP contribution in [-0.2, 0) is 0 Å². The molecular formula is C49H31N7. The lowest BCUT2D eigenvalue weighted by atomic mass is 10.0. The summed E-state index contributed by atoms with van der Waals surface area (Å²) < 4.78 is 4.77. The lowest BCUT2D eigenvalue weighted by Crippen LogP contribution is -2.02. The number of hydrogen-bond donors (Lipinski definition) is 0. The van der Waals surface area contributed by atoms with E-state index in [1.54, 1.807) is 24.8 Å². The van der Waals surface area contributed by atoms with Crippen LogP contribution in [0.5, 0.6) is 0 Å². The Morgan fingerprint density at radius 1 is 0.304 bits per heavy atom. The average molecular weight is 718 g/mol. The number of hydrogen-bond acceptors (Lipinski definition) is 5. The predicted octanol–water partition coefficient (Wildman–Crippen LogP) is 11.5. The summed E-state index contributed by atoms with van der Waals surface area (Å²) in [6.45, 7) is 0. The molecule has 0 unspecified atom stereocenters. The molecule has 0 aliphatic carbocycles. The highest BCUT2D eigenvalue weighted by atomic mass is 15.0. The SMILES string of the molecule is c1ccc(-c2cc(-c3nc(-c4ccncc4)nc(-c4cccnc4)n3)cc(-n3c4ccccc4c4cc5c(cc43)c3ccccc3n5-c3ccccc3)c2)cc1. The van der Waals surface area contributed by atoms with E-state index in [0.717, 1.165) is 50.2 Å². The van der Waals surface area contributed by atoms with Crippen molar-refractivity contribution in [3.63, 3.8) is 0 Å². The number of fused-ring (bicyclic) bond motifs is 6. The molecule has 0 saturated heterocycles. The molecule has 0 bridgehead atoms. The third-order valence-corrected chi connectivity index (χ3v) is 10.5. The fourth-order valence-electron chi connectivity index (χ4n) is 7.99. The minimum Gasteiger partial charge on any atom is -0.309 e. The van der Waals surface area contributed by atoms with Crippen LogP contribution in [-0.4, -0.2) is 34.1 Å². The lowest BCUT2D eigenvalue weighted by Gasteiger charge is -2.14. The highest BCUT2D eigenvalue weighted by molar-refractivity contribution is 6.19. The molecule has 5 heterocycles. The van der Waals surface area contributed by atoms with E-state index in [2.05, 4.69) is 153 Å². The maximum atomic E-state index is 5.11. The number of nitrogens with zero attached hydrogens (tertiary/aromatic N) is 7. The van der Waals surface area contributed by atoms with Crippen LogP contribution in [0.3, 0.4) is 0 Å². The Morgan fingerprint density at radius 2 is 0.839 bits per heavy atom. The van der Waals surface area contributed by atoms with Crippen LogP contribution in [0.4, 0.5) is 0 Å². The average Bonchev–Trinajstić information content (AvgIpc) is 3.78. The zero-order chi connectivity index (χ0) is 37.0. The molecule has 7 nitrogen and oxygen atoms in total. The topological polar surface area (TPSA) is 74.3 Å². The highest BCUT2D eigenvalue weighted by Gasteiger charge is 2.20. The summed E-state index contributed by atoms with van der Waals surface area (Å²) in [6.07, 6.45) is 7.05. The Hall–Kier alpha value is -7.77. The van der Waals surface area contributed by atoms with Crippen molar-refractivity contribution in [3.05, 3.63) is 189 Å². The Balaban J connectivity index is 1.21. The van der Waals surface area contributed by atoms with Gasteiger partial charge in [0.2, 0.25) is 0 Å². The van der Waals surface area contributed by atoms with Gasteiger partial charge in [0.25, 0.3) is 0 Å². The van der Waals surface area contributed by atoms with E-state index in [1.807, 2.05) is 30.3 Å². The van der Waals surface area contributed by atoms with Crippen molar-refractivity contribution in [3.8, 4) is 56.7 Å². The van der Waals surface area contributed by atoms with Crippen LogP contribution < -0.4 is 0 Å². The quantitative estimate of drug-likeness (QED) is 0.171. The van der Waals surface area contributed by atoms with E-state index in [-0.39, 0.29) is 0 Å². The molecule has 0 aliphatic heterocycles. The van der Waals surface area contributed by atoms with Crippen molar-refractivity contribution in [2.45, 2.75) is 0 Å². The maximum absolute atomic E-state index is 5.11. The Kier molecular flexibility index (Phi) is 7.35. The van der Waals surface area contributed by atoms with Gasteiger partial charge in [0.15, 0.2) is 17.5 Å². The standard InChI is InChI=1S/C49H31N7/c1-3-12-32(13-4-1)35-26-36(49-53-47(33-21-24-50-25-22-33)52-48(54-49)34-14-11-23-51-31-34)28-38(27-35)56-44-20-10-8-18-40(44)42-29-45-41(30-46(42)56)39-17-7-9-19-43(39)55(45)37-15-5-2-6-16-37/h1-31H. The first-order chi connectivity index (χ1) is 27.8. The van der Waals surface area contributed by atoms with Gasteiger partial charge in [-0.05, 0) is 90.0 Å². The first-order valence-corrected chi connectivity index (χ1v) is 18.6. The Labute approximate surface area is 321 Å². The van der Waals surface area contributed by atoms with Gasteiger partial charge in [-0.3, -0.25) is 9.97 Å². The van der Waals surface area contributed by atoms with Crippen LogP contribution in [0, 0.1) is 0 Å². The van der Waals surface area contributed by atoms with E-state index in [4.69, 9.17) is 15.0 Å². The maximum Gasteiger partial charge on any atom is 0.165 e. The largest absolute Gasteiger partial charge is 0.309 e. The third kappa shape index (κ3) is 5.25. The first kappa shape index (κ1) is 31.7. The second kappa shape index (κ2) is 13.0. The zero-order valence-electron chi connectivity index (χ0n) is 30.0. The number of para-hydroxylation sites is 3. The summed E-state index contributed by atoms with van der Waals surface area (Å²) in [4.78, 5) is 23.7. The van der Waals surface area contributed by atoms with E-state index < -0.39 is 0 Å². The van der Waals surface area contributed by atoms with E-state index >= 15 is 0 Å². The molecule has 6 aromatic carbocycles. The summed E-state index contributed by atoms with van der Waals surface area (Å²) in [7, 11) is 0. The van der Waals surface area contributed by atoms with Crippen molar-refractivity contribution in [2.75, 3.05) is 0 Å². The second-order valence-corrected chi connectivity index (χ2v) is 13.8. The van der Waals surface area contributed by atoms with Gasteiger partial charge in [0.1, 0.15) is 0 Å². The van der Waals surface area contributed by atoms with Gasteiger partial charge in [-0.1, -0.05) is 84.9 Å². The number of pyridine rings is 2. The van der Waals surface area contributed by atoms with Crippen molar-refractivity contribution in [1.29, 1.82) is 0 Å². The number of rotatable bonds is 6. The second-order valence-electron chi connectivity index (χ2n) is 13.8. The molecule has 11 aromatic rings. The molecular weight excluding hydrogens is 687 g/mol. The molecule has 0 saturated carbocycles. The molecule has 0 radical (unpaired) electrons. The molecule has 56 heavy (non-hydrogen) atoms. The monoisotopic (exact) mass is 717 g/mol. The summed E-state index contributed by atoms with van der Waals surface area (Å²) in [5, 5.41) is 4.76. The summed E-state index contributed by atoms with van der Waals surface area (Å²) >= 11 is 0. The molecule has 5 aromatic heterocycles. The van der Waals surface area contributed by atoms with Gasteiger partial charge in [0, 0.05) is 74.4 Å². The van der Waals surface area contributed by atoms with Gasteiger partial charge >= 0.3 is 0 Å². The molecule has 11 rings (SSSR count). The molecule has 0 aliphatic rings. The molecule has 0 atom stereocenters. The third-order valence-electron chi connectivity index (χ3n) is 10.5.